The van der Waals surface area contributed by atoms with Crippen LogP contribution in [0.5, 0.6) is 0 Å². The number of carbonyl (C=O) groups excluding carboxylic acids is 1. The minimum Gasteiger partial charge on any atom is -0.303 e. The Morgan fingerprint density at radius 1 is 1.13 bits per heavy atom. The summed E-state index contributed by atoms with van der Waals surface area (Å²) in [6.45, 7) is 0. The average Bonchev–Trinajstić information content (AvgIpc) is 2.30. The van der Waals surface area contributed by atoms with Crippen LogP contribution in [0.3, 0.4) is 0 Å². The van der Waals surface area contributed by atoms with Crippen LogP contribution in [-0.2, 0) is 4.79 Å². The van der Waals surface area contributed by atoms with Crippen LogP contribution in [0.4, 0.5) is 4.39 Å². The summed E-state index contributed by atoms with van der Waals surface area (Å²) in [5.74, 6) is 1.80. The Morgan fingerprint density at radius 3 is 2.40 bits per heavy atom. The van der Waals surface area contributed by atoms with Gasteiger partial charge in [-0.1, -0.05) is 6.08 Å². The molecule has 1 atom stereocenters. The van der Waals surface area contributed by atoms with Crippen molar-refractivity contribution in [3.05, 3.63) is 11.9 Å². The number of allylic oxidation sites excluding steroid dienone is 2. The zero-order chi connectivity index (χ0) is 10.7. The van der Waals surface area contributed by atoms with E-state index in [9.17, 15) is 9.18 Å². The highest BCUT2D eigenvalue weighted by Crippen LogP contribution is 2.39. The molecule has 15 heavy (non-hydrogen) atoms. The van der Waals surface area contributed by atoms with E-state index in [0.717, 1.165) is 37.9 Å². The molecule has 0 aromatic heterocycles. The van der Waals surface area contributed by atoms with Gasteiger partial charge >= 0.3 is 0 Å². The molecule has 0 aromatic rings. The third-order valence-corrected chi connectivity index (χ3v) is 4.07. The van der Waals surface area contributed by atoms with Crippen LogP contribution < -0.4 is 0 Å². The molecule has 0 aromatic carbocycles. The van der Waals surface area contributed by atoms with Crippen molar-refractivity contribution in [1.29, 1.82) is 0 Å². The maximum Gasteiger partial charge on any atom is 0.123 e. The number of hydrogen-bond donors (Lipinski definition) is 0. The average molecular weight is 210 g/mol. The topological polar surface area (TPSA) is 17.1 Å². The molecular formula is C13H19FO. The zero-order valence-corrected chi connectivity index (χ0v) is 9.12. The molecule has 2 rings (SSSR count). The number of halogens is 1. The maximum atomic E-state index is 12.9. The first-order valence-electron chi connectivity index (χ1n) is 6.09. The van der Waals surface area contributed by atoms with Crippen molar-refractivity contribution in [3.63, 3.8) is 0 Å². The molecule has 0 N–H and O–H groups in total. The normalized spacial score (nSPS) is 37.1. The van der Waals surface area contributed by atoms with E-state index in [4.69, 9.17) is 0 Å². The summed E-state index contributed by atoms with van der Waals surface area (Å²) in [5, 5.41) is 0. The Labute approximate surface area is 90.7 Å². The SMILES string of the molecule is O=C[C@H]1CC[C@H](C2CC=C(F)CC2)CC1. The number of hydrogen-bond acceptors (Lipinski definition) is 1. The van der Waals surface area contributed by atoms with Crippen LogP contribution >= 0.6 is 0 Å². The van der Waals surface area contributed by atoms with E-state index in [2.05, 4.69) is 0 Å². The second kappa shape index (κ2) is 4.91. The van der Waals surface area contributed by atoms with Crippen LogP contribution in [0.2, 0.25) is 0 Å². The molecule has 0 spiro atoms. The zero-order valence-electron chi connectivity index (χ0n) is 9.12. The highest BCUT2D eigenvalue weighted by molar-refractivity contribution is 5.53. The van der Waals surface area contributed by atoms with Crippen molar-refractivity contribution < 1.29 is 9.18 Å². The monoisotopic (exact) mass is 210 g/mol. The standard InChI is InChI=1S/C13H19FO/c14-13-7-5-12(6-8-13)11-3-1-10(9-15)2-4-11/h7,9-12H,1-6,8H2/t10-,11-,12?. The maximum absolute atomic E-state index is 12.9. The van der Waals surface area contributed by atoms with Crippen LogP contribution in [0, 0.1) is 17.8 Å². The van der Waals surface area contributed by atoms with Gasteiger partial charge in [-0.05, 0) is 56.8 Å². The van der Waals surface area contributed by atoms with E-state index in [1.54, 1.807) is 6.08 Å². The van der Waals surface area contributed by atoms with Gasteiger partial charge in [0.05, 0.1) is 5.83 Å². The summed E-state index contributed by atoms with van der Waals surface area (Å²) in [6, 6.07) is 0. The number of rotatable bonds is 2. The van der Waals surface area contributed by atoms with E-state index < -0.39 is 0 Å². The van der Waals surface area contributed by atoms with Gasteiger partial charge in [0.15, 0.2) is 0 Å². The molecule has 1 nitrogen and oxygen atoms in total. The Bertz CT molecular complexity index is 251. The Kier molecular flexibility index (Phi) is 3.55. The molecule has 1 saturated carbocycles. The van der Waals surface area contributed by atoms with Gasteiger partial charge in [0.1, 0.15) is 6.29 Å². The molecule has 0 aliphatic heterocycles. The third kappa shape index (κ3) is 2.67. The van der Waals surface area contributed by atoms with Gasteiger partial charge in [-0.3, -0.25) is 0 Å². The second-order valence-electron chi connectivity index (χ2n) is 5.00. The minimum atomic E-state index is 0.0767. The smallest absolute Gasteiger partial charge is 0.123 e. The van der Waals surface area contributed by atoms with Gasteiger partial charge in [-0.2, -0.15) is 0 Å². The molecule has 84 valence electrons. The fraction of sp³-hybridized carbons (Fsp3) is 0.769. The lowest BCUT2D eigenvalue weighted by atomic mass is 9.72. The Hall–Kier alpha value is -0.660. The summed E-state index contributed by atoms with van der Waals surface area (Å²) >= 11 is 0. The molecule has 1 unspecified atom stereocenters. The third-order valence-electron chi connectivity index (χ3n) is 4.07. The predicted octanol–water partition coefficient (Wildman–Crippen LogP) is 3.65. The molecule has 2 aliphatic rings. The van der Waals surface area contributed by atoms with Crippen LogP contribution in [0.25, 0.3) is 0 Å². The number of aldehydes is 1. The highest BCUT2D eigenvalue weighted by Gasteiger charge is 2.28. The Morgan fingerprint density at radius 2 is 1.87 bits per heavy atom. The first kappa shape index (κ1) is 10.8. The second-order valence-corrected chi connectivity index (χ2v) is 5.00. The van der Waals surface area contributed by atoms with Crippen molar-refractivity contribution in [2.75, 3.05) is 0 Å². The summed E-state index contributed by atoms with van der Waals surface area (Å²) in [6.07, 6.45) is 9.89. The van der Waals surface area contributed by atoms with Gasteiger partial charge in [0, 0.05) is 5.92 Å². The van der Waals surface area contributed by atoms with Gasteiger partial charge in [-0.25, -0.2) is 4.39 Å². The van der Waals surface area contributed by atoms with E-state index in [-0.39, 0.29) is 5.83 Å². The first-order chi connectivity index (χ1) is 7.29. The minimum absolute atomic E-state index is 0.0767. The lowest BCUT2D eigenvalue weighted by molar-refractivity contribution is -0.112. The summed E-state index contributed by atoms with van der Waals surface area (Å²) < 4.78 is 12.9. The molecule has 0 radical (unpaired) electrons. The molecule has 0 saturated heterocycles. The fourth-order valence-electron chi connectivity index (χ4n) is 3.00. The lowest BCUT2D eigenvalue weighted by Crippen LogP contribution is -2.23. The largest absolute Gasteiger partial charge is 0.303 e. The highest BCUT2D eigenvalue weighted by atomic mass is 19.1. The van der Waals surface area contributed by atoms with Crippen molar-refractivity contribution in [2.24, 2.45) is 17.8 Å². The first-order valence-corrected chi connectivity index (χ1v) is 6.09. The quantitative estimate of drug-likeness (QED) is 0.636. The summed E-state index contributed by atoms with van der Waals surface area (Å²) in [7, 11) is 0. The molecule has 0 bridgehead atoms. The fourth-order valence-corrected chi connectivity index (χ4v) is 3.00. The molecule has 1 fully saturated rings. The van der Waals surface area contributed by atoms with Gasteiger partial charge < -0.3 is 4.79 Å². The molecule has 0 heterocycles. The van der Waals surface area contributed by atoms with Crippen LogP contribution in [-0.4, -0.2) is 6.29 Å². The van der Waals surface area contributed by atoms with E-state index in [0.29, 0.717) is 18.3 Å². The van der Waals surface area contributed by atoms with Crippen molar-refractivity contribution >= 4 is 6.29 Å². The predicted molar refractivity (Wildman–Crippen MR) is 58.0 cm³/mol. The molecule has 2 aliphatic carbocycles. The summed E-state index contributed by atoms with van der Waals surface area (Å²) in [4.78, 5) is 10.6. The van der Waals surface area contributed by atoms with Crippen molar-refractivity contribution in [3.8, 4) is 0 Å². The van der Waals surface area contributed by atoms with E-state index in [1.807, 2.05) is 0 Å². The Balaban J connectivity index is 1.83. The van der Waals surface area contributed by atoms with Gasteiger partial charge in [0.25, 0.3) is 0 Å². The van der Waals surface area contributed by atoms with Crippen LogP contribution in [0.15, 0.2) is 11.9 Å². The van der Waals surface area contributed by atoms with Crippen molar-refractivity contribution in [1.82, 2.24) is 0 Å². The molecule has 0 amide bonds. The molecular weight excluding hydrogens is 191 g/mol. The van der Waals surface area contributed by atoms with E-state index in [1.165, 1.54) is 12.8 Å². The lowest BCUT2D eigenvalue weighted by Gasteiger charge is -2.33. The molecule has 2 heteroatoms. The van der Waals surface area contributed by atoms with Gasteiger partial charge in [0.2, 0.25) is 0 Å². The van der Waals surface area contributed by atoms with Crippen LogP contribution in [0.1, 0.15) is 44.9 Å². The van der Waals surface area contributed by atoms with E-state index >= 15 is 0 Å². The summed E-state index contributed by atoms with van der Waals surface area (Å²) in [5.41, 5.74) is 0. The van der Waals surface area contributed by atoms with Gasteiger partial charge in [-0.15, -0.1) is 0 Å². The number of carbonyl (C=O) groups is 1. The van der Waals surface area contributed by atoms with Crippen molar-refractivity contribution in [2.45, 2.75) is 44.9 Å².